The highest BCUT2D eigenvalue weighted by molar-refractivity contribution is 5.78. The van der Waals surface area contributed by atoms with Gasteiger partial charge >= 0.3 is 0 Å². The van der Waals surface area contributed by atoms with Crippen molar-refractivity contribution in [3.63, 3.8) is 0 Å². The summed E-state index contributed by atoms with van der Waals surface area (Å²) in [5, 5.41) is 54.5. The van der Waals surface area contributed by atoms with Gasteiger partial charge in [0.05, 0.1) is 25.4 Å². The normalized spacial score (nSPS) is 19.4. The predicted octanol–water partition coefficient (Wildman–Crippen LogP) is 2.35. The van der Waals surface area contributed by atoms with Gasteiger partial charge in [-0.05, 0) is 91.3 Å². The molecule has 0 spiro atoms. The molecule has 1 saturated heterocycles. The van der Waals surface area contributed by atoms with Crippen LogP contribution in [0.3, 0.4) is 0 Å². The minimum Gasteiger partial charge on any atom is -0.490 e. The number of carbonyl (C=O) groups is 2. The van der Waals surface area contributed by atoms with Crippen LogP contribution in [0.5, 0.6) is 5.75 Å². The second-order valence-corrected chi connectivity index (χ2v) is 15.9. The van der Waals surface area contributed by atoms with Crippen LogP contribution in [0.4, 0.5) is 0 Å². The lowest BCUT2D eigenvalue weighted by Gasteiger charge is -2.34. The van der Waals surface area contributed by atoms with E-state index in [1.54, 1.807) is 0 Å². The van der Waals surface area contributed by atoms with Crippen LogP contribution in [0.25, 0.3) is 11.1 Å². The molecule has 56 heavy (non-hydrogen) atoms. The zero-order valence-corrected chi connectivity index (χ0v) is 32.6. The number of nitrogens with zero attached hydrogens (tertiary/aromatic N) is 3. The first-order valence-corrected chi connectivity index (χ1v) is 20.1. The fraction of sp³-hybridized carbons (Fsp3) is 0.558. The van der Waals surface area contributed by atoms with Crippen molar-refractivity contribution in [1.29, 1.82) is 0 Å². The monoisotopic (exact) mass is 773 g/mol. The lowest BCUT2D eigenvalue weighted by Crippen LogP contribution is -2.53. The number of aliphatic hydroxyl groups is 5. The largest absolute Gasteiger partial charge is 0.490 e. The highest BCUT2D eigenvalue weighted by Crippen LogP contribution is 2.50. The van der Waals surface area contributed by atoms with E-state index in [2.05, 4.69) is 71.9 Å². The third-order valence-corrected chi connectivity index (χ3v) is 11.6. The fourth-order valence-electron chi connectivity index (χ4n) is 7.49. The maximum Gasteiger partial charge on any atom is 0.234 e. The van der Waals surface area contributed by atoms with E-state index >= 15 is 0 Å². The summed E-state index contributed by atoms with van der Waals surface area (Å²) in [4.78, 5) is 33.8. The molecule has 6 rings (SSSR count). The van der Waals surface area contributed by atoms with E-state index in [1.807, 2.05) is 28.3 Å². The summed E-state index contributed by atoms with van der Waals surface area (Å²) in [5.74, 6) is 0.974. The van der Waals surface area contributed by atoms with E-state index in [0.29, 0.717) is 44.6 Å². The van der Waals surface area contributed by atoms with Gasteiger partial charge in [-0.3, -0.25) is 19.5 Å². The number of pyridine rings is 1. The zero-order chi connectivity index (χ0) is 39.8. The molecule has 3 fully saturated rings. The highest BCUT2D eigenvalue weighted by atomic mass is 16.5. The molecule has 13 nitrogen and oxygen atoms in total. The molecule has 2 saturated carbocycles. The summed E-state index contributed by atoms with van der Waals surface area (Å²) in [5.41, 5.74) is 7.17. The molecule has 5 unspecified atom stereocenters. The molecule has 0 radical (unpaired) electrons. The van der Waals surface area contributed by atoms with Crippen LogP contribution >= 0.6 is 0 Å². The Labute approximate surface area is 329 Å². The Balaban J connectivity index is 0.937. The molecule has 5 atom stereocenters. The Morgan fingerprint density at radius 2 is 1.70 bits per heavy atom. The molecule has 1 aliphatic heterocycles. The molecular weight excluding hydrogens is 714 g/mol. The van der Waals surface area contributed by atoms with E-state index in [0.717, 1.165) is 56.4 Å². The lowest BCUT2D eigenvalue weighted by atomic mass is 9.91. The number of benzene rings is 2. The van der Waals surface area contributed by atoms with Crippen molar-refractivity contribution in [2.45, 2.75) is 107 Å². The van der Waals surface area contributed by atoms with E-state index in [4.69, 9.17) is 9.84 Å². The maximum absolute atomic E-state index is 13.1. The summed E-state index contributed by atoms with van der Waals surface area (Å²) in [6.07, 6.45) is 4.05. The summed E-state index contributed by atoms with van der Waals surface area (Å²) in [7, 11) is 0. The molecule has 7 N–H and O–H groups in total. The smallest absolute Gasteiger partial charge is 0.234 e. The SMILES string of the molecule is Cc1ccc(C(C)CCCC(=O)N2CCN(CC(=O)NCC(O)C(O)C(O)C(O)CO)CC2)cc1CNC1(c2cnccc2-c2ccccc2OC2CC2)CC1. The van der Waals surface area contributed by atoms with Crippen LogP contribution in [0, 0.1) is 6.92 Å². The van der Waals surface area contributed by atoms with Crippen molar-refractivity contribution in [1.82, 2.24) is 25.4 Å². The van der Waals surface area contributed by atoms with Crippen LogP contribution in [0.15, 0.2) is 60.9 Å². The van der Waals surface area contributed by atoms with Crippen molar-refractivity contribution >= 4 is 11.8 Å². The first-order valence-electron chi connectivity index (χ1n) is 20.1. The maximum atomic E-state index is 13.1. The Morgan fingerprint density at radius 1 is 0.964 bits per heavy atom. The van der Waals surface area contributed by atoms with Crippen molar-refractivity contribution < 1.29 is 39.9 Å². The summed E-state index contributed by atoms with van der Waals surface area (Å²) >= 11 is 0. The molecule has 2 aromatic carbocycles. The molecular formula is C43H59N5O8. The zero-order valence-electron chi connectivity index (χ0n) is 32.6. The summed E-state index contributed by atoms with van der Waals surface area (Å²) < 4.78 is 6.29. The van der Waals surface area contributed by atoms with Gasteiger partial charge in [-0.25, -0.2) is 0 Å². The van der Waals surface area contributed by atoms with Crippen LogP contribution < -0.4 is 15.4 Å². The number of amides is 2. The Bertz CT molecular complexity index is 1780. The average molecular weight is 774 g/mol. The summed E-state index contributed by atoms with van der Waals surface area (Å²) in [6, 6.07) is 17.2. The molecule has 2 aliphatic carbocycles. The standard InChI is InChI=1S/C43H59N5O8/c1-28(6-5-9-40(53)48-20-18-47(19-21-48)26-39(52)45-25-36(50)41(54)42(55)37(51)27-49)30-11-10-29(2)31(22-30)23-46-43(15-16-43)35-24-44-17-14-33(35)34-7-3-4-8-38(34)56-32-12-13-32/h3-4,7-8,10-11,14,17,22,24,28,32,36-37,41-42,46,49-51,54-55H,5-6,9,12-13,15-16,18-21,23,25-27H2,1-2H3,(H,45,52). The molecule has 1 aromatic heterocycles. The molecule has 2 amide bonds. The van der Waals surface area contributed by atoms with Gasteiger partial charge in [-0.1, -0.05) is 43.3 Å². The summed E-state index contributed by atoms with van der Waals surface area (Å²) in [6.45, 7) is 6.20. The second-order valence-electron chi connectivity index (χ2n) is 15.9. The molecule has 13 heteroatoms. The molecule has 2 heterocycles. The third-order valence-electron chi connectivity index (χ3n) is 11.6. The van der Waals surface area contributed by atoms with Crippen LogP contribution in [0.2, 0.25) is 0 Å². The van der Waals surface area contributed by atoms with Gasteiger partial charge in [0.15, 0.2) is 0 Å². The molecule has 3 aromatic rings. The quantitative estimate of drug-likeness (QED) is 0.0894. The van der Waals surface area contributed by atoms with E-state index in [1.165, 1.54) is 27.8 Å². The fourth-order valence-corrected chi connectivity index (χ4v) is 7.49. The second kappa shape index (κ2) is 19.0. The number of hydrogen-bond acceptors (Lipinski definition) is 11. The van der Waals surface area contributed by atoms with Gasteiger partial charge in [0.2, 0.25) is 11.8 Å². The first kappa shape index (κ1) is 41.7. The van der Waals surface area contributed by atoms with E-state index in [9.17, 15) is 30.0 Å². The Kier molecular flexibility index (Phi) is 14.1. The van der Waals surface area contributed by atoms with Crippen LogP contribution in [0.1, 0.15) is 80.0 Å². The number of aromatic nitrogens is 1. The van der Waals surface area contributed by atoms with Crippen molar-refractivity contribution in [2.24, 2.45) is 0 Å². The number of nitrogens with one attached hydrogen (secondary N) is 2. The number of rotatable bonds is 20. The predicted molar refractivity (Wildman–Crippen MR) is 212 cm³/mol. The third kappa shape index (κ3) is 10.7. The molecule has 304 valence electrons. The number of aliphatic hydroxyl groups excluding tert-OH is 5. The average Bonchev–Trinajstić information content (AvgIpc) is 4.17. The highest BCUT2D eigenvalue weighted by Gasteiger charge is 2.46. The minimum absolute atomic E-state index is 0.0635. The number of carbonyl (C=O) groups excluding carboxylic acids is 2. The number of hydrogen-bond donors (Lipinski definition) is 7. The molecule has 0 bridgehead atoms. The Hall–Kier alpha value is -3.95. The van der Waals surface area contributed by atoms with Gasteiger partial charge in [-0.15, -0.1) is 0 Å². The number of piperazine rings is 1. The number of para-hydroxylation sites is 1. The topological polar surface area (TPSA) is 188 Å². The first-order chi connectivity index (χ1) is 27.0. The van der Waals surface area contributed by atoms with Gasteiger partial charge in [0.25, 0.3) is 0 Å². The van der Waals surface area contributed by atoms with Crippen molar-refractivity contribution in [2.75, 3.05) is 45.9 Å². The van der Waals surface area contributed by atoms with Crippen LogP contribution in [-0.4, -0.2) is 129 Å². The lowest BCUT2D eigenvalue weighted by molar-refractivity contribution is -0.133. The van der Waals surface area contributed by atoms with Gasteiger partial charge in [0, 0.05) is 69.2 Å². The minimum atomic E-state index is -1.75. The Morgan fingerprint density at radius 3 is 2.41 bits per heavy atom. The van der Waals surface area contributed by atoms with E-state index in [-0.39, 0.29) is 30.4 Å². The van der Waals surface area contributed by atoms with Crippen LogP contribution in [-0.2, 0) is 21.7 Å². The van der Waals surface area contributed by atoms with Crippen molar-refractivity contribution in [3.8, 4) is 16.9 Å². The van der Waals surface area contributed by atoms with E-state index < -0.39 is 31.0 Å². The number of aryl methyl sites for hydroxylation is 1. The molecule has 3 aliphatic rings. The van der Waals surface area contributed by atoms with Gasteiger partial charge in [0.1, 0.15) is 24.1 Å². The van der Waals surface area contributed by atoms with Gasteiger partial charge < -0.3 is 45.8 Å². The van der Waals surface area contributed by atoms with Gasteiger partial charge in [-0.2, -0.15) is 0 Å². The van der Waals surface area contributed by atoms with Crippen molar-refractivity contribution in [3.05, 3.63) is 83.2 Å². The number of ether oxygens (including phenoxy) is 1.